The molecule has 0 fully saturated rings. The third kappa shape index (κ3) is 4.53. The molecule has 0 saturated carbocycles. The van der Waals surface area contributed by atoms with Crippen LogP contribution in [0.2, 0.25) is 0 Å². The minimum Gasteiger partial charge on any atom is -0.370 e. The summed E-state index contributed by atoms with van der Waals surface area (Å²) in [5.41, 5.74) is 3.84. The summed E-state index contributed by atoms with van der Waals surface area (Å²) in [6.45, 7) is 8.21. The van der Waals surface area contributed by atoms with Crippen molar-refractivity contribution in [3.05, 3.63) is 65.5 Å². The average molecular weight is 364 g/mol. The summed E-state index contributed by atoms with van der Waals surface area (Å²) in [6, 6.07) is 15.4. The molecule has 3 aromatic rings. The number of hydrogen-bond donors (Lipinski definition) is 1. The zero-order chi connectivity index (χ0) is 19.2. The monoisotopic (exact) mass is 364 g/mol. The topological polar surface area (TPSA) is 71.3 Å². The van der Waals surface area contributed by atoms with E-state index in [-0.39, 0.29) is 5.91 Å². The SMILES string of the molecule is CCN(CCNC(=O)c1ccc(-c2nc(C)no2)cc1)c1ccccc1C. The highest BCUT2D eigenvalue weighted by atomic mass is 16.5. The molecule has 0 saturated heterocycles. The Morgan fingerprint density at radius 1 is 1.11 bits per heavy atom. The predicted molar refractivity (Wildman–Crippen MR) is 106 cm³/mol. The molecule has 27 heavy (non-hydrogen) atoms. The van der Waals surface area contributed by atoms with Crippen molar-refractivity contribution >= 4 is 11.6 Å². The molecule has 0 aliphatic carbocycles. The van der Waals surface area contributed by atoms with Crippen LogP contribution in [0.5, 0.6) is 0 Å². The molecule has 0 bridgehead atoms. The summed E-state index contributed by atoms with van der Waals surface area (Å²) < 4.78 is 5.14. The van der Waals surface area contributed by atoms with Gasteiger partial charge in [-0.1, -0.05) is 23.4 Å². The van der Waals surface area contributed by atoms with Gasteiger partial charge in [0.05, 0.1) is 0 Å². The normalized spacial score (nSPS) is 10.6. The van der Waals surface area contributed by atoms with E-state index in [1.54, 1.807) is 19.1 Å². The molecule has 2 aromatic carbocycles. The van der Waals surface area contributed by atoms with Crippen molar-refractivity contribution in [2.75, 3.05) is 24.5 Å². The van der Waals surface area contributed by atoms with Crippen LogP contribution in [0, 0.1) is 13.8 Å². The Bertz CT molecular complexity index is 903. The lowest BCUT2D eigenvalue weighted by Crippen LogP contribution is -2.35. The van der Waals surface area contributed by atoms with Crippen molar-refractivity contribution in [2.45, 2.75) is 20.8 Å². The van der Waals surface area contributed by atoms with Crippen LogP contribution < -0.4 is 10.2 Å². The number of likely N-dealkylation sites (N-methyl/N-ethyl adjacent to an activating group) is 1. The quantitative estimate of drug-likeness (QED) is 0.693. The largest absolute Gasteiger partial charge is 0.370 e. The number of nitrogens with one attached hydrogen (secondary N) is 1. The molecule has 6 nitrogen and oxygen atoms in total. The van der Waals surface area contributed by atoms with Gasteiger partial charge in [0.1, 0.15) is 0 Å². The number of carbonyl (C=O) groups excluding carboxylic acids is 1. The molecule has 1 heterocycles. The van der Waals surface area contributed by atoms with E-state index in [0.29, 0.717) is 23.8 Å². The van der Waals surface area contributed by atoms with Crippen molar-refractivity contribution in [1.82, 2.24) is 15.5 Å². The number of hydrogen-bond acceptors (Lipinski definition) is 5. The molecule has 1 N–H and O–H groups in total. The van der Waals surface area contributed by atoms with Crippen LogP contribution in [0.15, 0.2) is 53.1 Å². The van der Waals surface area contributed by atoms with Gasteiger partial charge in [-0.3, -0.25) is 4.79 Å². The van der Waals surface area contributed by atoms with Gasteiger partial charge in [0, 0.05) is 36.4 Å². The Morgan fingerprint density at radius 2 is 1.85 bits per heavy atom. The Balaban J connectivity index is 1.56. The highest BCUT2D eigenvalue weighted by Crippen LogP contribution is 2.19. The minimum atomic E-state index is -0.0934. The van der Waals surface area contributed by atoms with Crippen LogP contribution in [-0.2, 0) is 0 Å². The lowest BCUT2D eigenvalue weighted by Gasteiger charge is -2.25. The van der Waals surface area contributed by atoms with Gasteiger partial charge in [-0.2, -0.15) is 4.98 Å². The molecular weight excluding hydrogens is 340 g/mol. The molecule has 140 valence electrons. The summed E-state index contributed by atoms with van der Waals surface area (Å²) in [5, 5.41) is 6.76. The second-order valence-electron chi connectivity index (χ2n) is 6.35. The number of amides is 1. The number of nitrogens with zero attached hydrogens (tertiary/aromatic N) is 3. The summed E-state index contributed by atoms with van der Waals surface area (Å²) in [4.78, 5) is 18.8. The Hall–Kier alpha value is -3.15. The predicted octanol–water partition coefficient (Wildman–Crippen LogP) is 3.61. The van der Waals surface area contributed by atoms with E-state index in [2.05, 4.69) is 46.3 Å². The minimum absolute atomic E-state index is 0.0934. The highest BCUT2D eigenvalue weighted by Gasteiger charge is 2.11. The fourth-order valence-corrected chi connectivity index (χ4v) is 2.95. The molecule has 6 heteroatoms. The molecule has 1 aromatic heterocycles. The lowest BCUT2D eigenvalue weighted by molar-refractivity contribution is 0.0954. The van der Waals surface area contributed by atoms with E-state index < -0.39 is 0 Å². The van der Waals surface area contributed by atoms with Gasteiger partial charge < -0.3 is 14.7 Å². The fourth-order valence-electron chi connectivity index (χ4n) is 2.95. The van der Waals surface area contributed by atoms with E-state index in [4.69, 9.17) is 4.52 Å². The summed E-state index contributed by atoms with van der Waals surface area (Å²) in [5.74, 6) is 0.946. The second-order valence-corrected chi connectivity index (χ2v) is 6.35. The molecule has 0 aliphatic rings. The molecule has 0 atom stereocenters. The van der Waals surface area contributed by atoms with E-state index in [1.807, 2.05) is 24.3 Å². The molecule has 0 aliphatic heterocycles. The van der Waals surface area contributed by atoms with Gasteiger partial charge in [-0.05, 0) is 56.7 Å². The van der Waals surface area contributed by atoms with Gasteiger partial charge in [0.25, 0.3) is 11.8 Å². The van der Waals surface area contributed by atoms with Crippen molar-refractivity contribution in [1.29, 1.82) is 0 Å². The van der Waals surface area contributed by atoms with Gasteiger partial charge >= 0.3 is 0 Å². The summed E-state index contributed by atoms with van der Waals surface area (Å²) in [7, 11) is 0. The maximum absolute atomic E-state index is 12.4. The van der Waals surface area contributed by atoms with Crippen molar-refractivity contribution in [3.8, 4) is 11.5 Å². The molecule has 0 radical (unpaired) electrons. The Morgan fingerprint density at radius 3 is 2.48 bits per heavy atom. The van der Waals surface area contributed by atoms with Gasteiger partial charge in [0.2, 0.25) is 0 Å². The van der Waals surface area contributed by atoms with E-state index >= 15 is 0 Å². The lowest BCUT2D eigenvalue weighted by atomic mass is 10.1. The maximum Gasteiger partial charge on any atom is 0.257 e. The molecule has 0 unspecified atom stereocenters. The number of aromatic nitrogens is 2. The van der Waals surface area contributed by atoms with E-state index in [1.165, 1.54) is 11.3 Å². The zero-order valence-corrected chi connectivity index (χ0v) is 15.9. The van der Waals surface area contributed by atoms with Crippen LogP contribution in [-0.4, -0.2) is 35.7 Å². The first kappa shape index (κ1) is 18.6. The van der Waals surface area contributed by atoms with Crippen molar-refractivity contribution in [2.24, 2.45) is 0 Å². The smallest absolute Gasteiger partial charge is 0.257 e. The number of aryl methyl sites for hydroxylation is 2. The van der Waals surface area contributed by atoms with Crippen LogP contribution >= 0.6 is 0 Å². The molecular formula is C21H24N4O2. The van der Waals surface area contributed by atoms with E-state index in [9.17, 15) is 4.79 Å². The van der Waals surface area contributed by atoms with Gasteiger partial charge in [0.15, 0.2) is 5.82 Å². The number of benzene rings is 2. The number of anilines is 1. The molecule has 1 amide bonds. The zero-order valence-electron chi connectivity index (χ0n) is 15.9. The fraction of sp³-hybridized carbons (Fsp3) is 0.286. The molecule has 3 rings (SSSR count). The summed E-state index contributed by atoms with van der Waals surface area (Å²) in [6.07, 6.45) is 0. The third-order valence-corrected chi connectivity index (χ3v) is 4.43. The summed E-state index contributed by atoms with van der Waals surface area (Å²) >= 11 is 0. The number of para-hydroxylation sites is 1. The van der Waals surface area contributed by atoms with Crippen LogP contribution in [0.25, 0.3) is 11.5 Å². The second kappa shape index (κ2) is 8.49. The first-order chi connectivity index (χ1) is 13.1. The molecule has 0 spiro atoms. The number of carbonyl (C=O) groups is 1. The Kier molecular flexibility index (Phi) is 5.86. The number of rotatable bonds is 7. The maximum atomic E-state index is 12.4. The van der Waals surface area contributed by atoms with Gasteiger partial charge in [-0.25, -0.2) is 0 Å². The van der Waals surface area contributed by atoms with Crippen LogP contribution in [0.4, 0.5) is 5.69 Å². The standard InChI is InChI=1S/C21H24N4O2/c1-4-25(19-8-6-5-7-15(19)2)14-13-22-20(26)17-9-11-18(12-10-17)21-23-16(3)24-27-21/h5-12H,4,13-14H2,1-3H3,(H,22,26). The third-order valence-electron chi connectivity index (χ3n) is 4.43. The van der Waals surface area contributed by atoms with Crippen molar-refractivity contribution < 1.29 is 9.32 Å². The van der Waals surface area contributed by atoms with Crippen LogP contribution in [0.3, 0.4) is 0 Å². The Labute approximate surface area is 159 Å². The first-order valence-electron chi connectivity index (χ1n) is 9.08. The van der Waals surface area contributed by atoms with Gasteiger partial charge in [-0.15, -0.1) is 0 Å². The van der Waals surface area contributed by atoms with E-state index in [0.717, 1.165) is 18.7 Å². The van der Waals surface area contributed by atoms with Crippen molar-refractivity contribution in [3.63, 3.8) is 0 Å². The first-order valence-corrected chi connectivity index (χ1v) is 9.08. The average Bonchev–Trinajstić information content (AvgIpc) is 3.12. The van der Waals surface area contributed by atoms with Crippen LogP contribution in [0.1, 0.15) is 28.7 Å². The highest BCUT2D eigenvalue weighted by molar-refractivity contribution is 5.94.